The highest BCUT2D eigenvalue weighted by molar-refractivity contribution is 9.10. The van der Waals surface area contributed by atoms with Crippen LogP contribution in [0.2, 0.25) is 0 Å². The van der Waals surface area contributed by atoms with Crippen LogP contribution in [-0.4, -0.2) is 31.9 Å². The molecule has 5 rings (SSSR count). The van der Waals surface area contributed by atoms with Crippen molar-refractivity contribution in [2.24, 2.45) is 0 Å². The van der Waals surface area contributed by atoms with Gasteiger partial charge in [0.05, 0.1) is 19.9 Å². The maximum atomic E-state index is 13.6. The van der Waals surface area contributed by atoms with Crippen LogP contribution in [0.15, 0.2) is 142 Å². The summed E-state index contributed by atoms with van der Waals surface area (Å²) in [5.74, 6) is -0.110. The molecule has 0 heterocycles. The van der Waals surface area contributed by atoms with E-state index in [9.17, 15) is 14.4 Å². The van der Waals surface area contributed by atoms with Crippen molar-refractivity contribution in [3.05, 3.63) is 154 Å². The largest absolute Gasteiger partial charge is 0.497 e. The molecule has 1 unspecified atom stereocenters. The summed E-state index contributed by atoms with van der Waals surface area (Å²) in [6.07, 6.45) is 1.54. The van der Waals surface area contributed by atoms with Crippen LogP contribution in [0.4, 0.5) is 11.4 Å². The van der Waals surface area contributed by atoms with Crippen molar-refractivity contribution in [1.29, 1.82) is 0 Å². The van der Waals surface area contributed by atoms with Gasteiger partial charge in [0.2, 0.25) is 5.91 Å². The molecular weight excluding hydrogens is 690 g/mol. The number of ether oxygens (including phenoxy) is 2. The Morgan fingerprint density at radius 2 is 1.42 bits per heavy atom. The van der Waals surface area contributed by atoms with Crippen LogP contribution in [0, 0.1) is 0 Å². The Bertz CT molecular complexity index is 1920. The van der Waals surface area contributed by atoms with E-state index in [2.05, 4.69) is 31.9 Å². The van der Waals surface area contributed by atoms with Crippen LogP contribution < -0.4 is 25.4 Å². The fourth-order valence-corrected chi connectivity index (χ4v) is 6.07. The lowest BCUT2D eigenvalue weighted by Gasteiger charge is -2.18. The normalized spacial score (nSPS) is 11.6. The van der Waals surface area contributed by atoms with Gasteiger partial charge in [0, 0.05) is 26.2 Å². The first-order valence-corrected chi connectivity index (χ1v) is 16.5. The Hall–Kier alpha value is -5.32. The Balaban J connectivity index is 1.37. The second-order valence-corrected chi connectivity index (χ2v) is 12.4. The highest BCUT2D eigenvalue weighted by Crippen LogP contribution is 2.37. The minimum Gasteiger partial charge on any atom is -0.497 e. The van der Waals surface area contributed by atoms with Crippen LogP contribution in [-0.2, 0) is 9.59 Å². The number of methoxy groups -OCH3 is 2. The third-order valence-electron chi connectivity index (χ3n) is 7.10. The van der Waals surface area contributed by atoms with Crippen molar-refractivity contribution in [1.82, 2.24) is 5.32 Å². The van der Waals surface area contributed by atoms with Crippen molar-refractivity contribution in [3.8, 4) is 11.5 Å². The van der Waals surface area contributed by atoms with Crippen LogP contribution in [0.5, 0.6) is 11.5 Å². The highest BCUT2D eigenvalue weighted by Gasteiger charge is 2.23. The summed E-state index contributed by atoms with van der Waals surface area (Å²) in [5.41, 5.74) is 2.96. The molecule has 242 valence electrons. The second-order valence-electron chi connectivity index (χ2n) is 10.3. The molecule has 0 aliphatic rings. The number of anilines is 2. The molecule has 0 aliphatic heterocycles. The third kappa shape index (κ3) is 8.93. The van der Waals surface area contributed by atoms with Gasteiger partial charge in [-0.1, -0.05) is 60.7 Å². The number of halogens is 1. The Kier molecular flexibility index (Phi) is 11.7. The SMILES string of the molecule is COc1ccc(OC)c(/C=C(\NC(=O)c2ccccc2)C(=O)Nc2ccc(SC(C(=O)Nc3ccccc3Br)c3ccccc3)cc2)c1. The summed E-state index contributed by atoms with van der Waals surface area (Å²) in [6.45, 7) is 0. The molecule has 1 atom stereocenters. The molecule has 8 nitrogen and oxygen atoms in total. The zero-order chi connectivity index (χ0) is 33.9. The first kappa shape index (κ1) is 34.0. The van der Waals surface area contributed by atoms with Crippen LogP contribution in [0.3, 0.4) is 0 Å². The van der Waals surface area contributed by atoms with Crippen molar-refractivity contribution in [2.45, 2.75) is 10.1 Å². The van der Waals surface area contributed by atoms with Gasteiger partial charge in [-0.2, -0.15) is 0 Å². The molecular formula is C38H32BrN3O5S. The third-order valence-corrected chi connectivity index (χ3v) is 9.06. The van der Waals surface area contributed by atoms with Crippen LogP contribution >= 0.6 is 27.7 Å². The zero-order valence-electron chi connectivity index (χ0n) is 26.1. The van der Waals surface area contributed by atoms with E-state index in [4.69, 9.17) is 9.47 Å². The molecule has 0 fully saturated rings. The molecule has 10 heteroatoms. The molecule has 5 aromatic rings. The number of hydrogen-bond donors (Lipinski definition) is 3. The lowest BCUT2D eigenvalue weighted by atomic mass is 10.1. The molecule has 48 heavy (non-hydrogen) atoms. The van der Waals surface area contributed by atoms with Gasteiger partial charge in [-0.15, -0.1) is 11.8 Å². The number of amides is 3. The van der Waals surface area contributed by atoms with Gasteiger partial charge < -0.3 is 25.4 Å². The Morgan fingerprint density at radius 3 is 2.08 bits per heavy atom. The number of hydrogen-bond acceptors (Lipinski definition) is 6. The van der Waals surface area contributed by atoms with Gasteiger partial charge >= 0.3 is 0 Å². The van der Waals surface area contributed by atoms with E-state index >= 15 is 0 Å². The fourth-order valence-electron chi connectivity index (χ4n) is 4.66. The van der Waals surface area contributed by atoms with Crippen LogP contribution in [0.25, 0.3) is 6.08 Å². The summed E-state index contributed by atoms with van der Waals surface area (Å²) >= 11 is 4.89. The van der Waals surface area contributed by atoms with Gasteiger partial charge in [-0.05, 0) is 94.3 Å². The van der Waals surface area contributed by atoms with Crippen molar-refractivity contribution < 1.29 is 23.9 Å². The second kappa shape index (κ2) is 16.5. The predicted octanol–water partition coefficient (Wildman–Crippen LogP) is 8.35. The van der Waals surface area contributed by atoms with E-state index in [1.165, 1.54) is 24.9 Å². The van der Waals surface area contributed by atoms with Gasteiger partial charge in [0.1, 0.15) is 22.4 Å². The van der Waals surface area contributed by atoms with E-state index in [0.29, 0.717) is 34.0 Å². The van der Waals surface area contributed by atoms with E-state index in [-0.39, 0.29) is 11.6 Å². The number of benzene rings is 5. The fraction of sp³-hybridized carbons (Fsp3) is 0.0789. The molecule has 0 saturated heterocycles. The number of rotatable bonds is 12. The Labute approximate surface area is 291 Å². The standard InChI is InChI=1S/C38H32BrN3O5S/c1-46-29-19-22-34(47-2)27(23-29)24-33(42-36(43)26-13-7-4-8-14-26)37(44)40-28-17-20-30(21-18-28)48-35(25-11-5-3-6-12-25)38(45)41-32-16-10-9-15-31(32)39/h3-24,35H,1-2H3,(H,40,44)(H,41,45)(H,42,43)/b33-24-. The molecule has 0 bridgehead atoms. The molecule has 5 aromatic carbocycles. The molecule has 3 amide bonds. The maximum absolute atomic E-state index is 13.6. The molecule has 0 saturated carbocycles. The maximum Gasteiger partial charge on any atom is 0.272 e. The summed E-state index contributed by atoms with van der Waals surface area (Å²) < 4.78 is 11.6. The molecule has 0 radical (unpaired) electrons. The number of carbonyl (C=O) groups excluding carboxylic acids is 3. The number of carbonyl (C=O) groups is 3. The van der Waals surface area contributed by atoms with Crippen LogP contribution in [0.1, 0.15) is 26.7 Å². The van der Waals surface area contributed by atoms with Gasteiger partial charge in [0.15, 0.2) is 0 Å². The van der Waals surface area contributed by atoms with E-state index in [1.807, 2.05) is 66.7 Å². The lowest BCUT2D eigenvalue weighted by Crippen LogP contribution is -2.30. The average molecular weight is 723 g/mol. The van der Waals surface area contributed by atoms with E-state index in [0.717, 1.165) is 14.9 Å². The number of para-hydroxylation sites is 1. The first-order valence-electron chi connectivity index (χ1n) is 14.8. The number of thioether (sulfide) groups is 1. The molecule has 0 aliphatic carbocycles. The van der Waals surface area contributed by atoms with E-state index < -0.39 is 17.1 Å². The van der Waals surface area contributed by atoms with Crippen molar-refractivity contribution >= 4 is 62.9 Å². The summed E-state index contributed by atoms with van der Waals surface area (Å²) in [7, 11) is 3.06. The number of nitrogens with one attached hydrogen (secondary N) is 3. The molecule has 3 N–H and O–H groups in total. The highest BCUT2D eigenvalue weighted by atomic mass is 79.9. The van der Waals surface area contributed by atoms with E-state index in [1.54, 1.807) is 67.8 Å². The van der Waals surface area contributed by atoms with Crippen molar-refractivity contribution in [3.63, 3.8) is 0 Å². The Morgan fingerprint density at radius 1 is 0.750 bits per heavy atom. The molecule has 0 aromatic heterocycles. The lowest BCUT2D eigenvalue weighted by molar-refractivity contribution is -0.116. The first-order chi connectivity index (χ1) is 23.3. The molecule has 0 spiro atoms. The summed E-state index contributed by atoms with van der Waals surface area (Å²) in [6, 6.07) is 37.9. The zero-order valence-corrected chi connectivity index (χ0v) is 28.5. The average Bonchev–Trinajstić information content (AvgIpc) is 3.12. The smallest absolute Gasteiger partial charge is 0.272 e. The monoisotopic (exact) mass is 721 g/mol. The van der Waals surface area contributed by atoms with Gasteiger partial charge in [-0.3, -0.25) is 14.4 Å². The quantitative estimate of drug-likeness (QED) is 0.0884. The predicted molar refractivity (Wildman–Crippen MR) is 194 cm³/mol. The van der Waals surface area contributed by atoms with Gasteiger partial charge in [0.25, 0.3) is 11.8 Å². The van der Waals surface area contributed by atoms with Gasteiger partial charge in [-0.25, -0.2) is 0 Å². The summed E-state index contributed by atoms with van der Waals surface area (Å²) in [4.78, 5) is 41.1. The minimum atomic E-state index is -0.542. The minimum absolute atomic E-state index is 0.00161. The van der Waals surface area contributed by atoms with Crippen molar-refractivity contribution in [2.75, 3.05) is 24.9 Å². The summed E-state index contributed by atoms with van der Waals surface area (Å²) in [5, 5.41) is 8.09. The topological polar surface area (TPSA) is 106 Å².